The van der Waals surface area contributed by atoms with Gasteiger partial charge in [0.15, 0.2) is 0 Å². The molecule has 0 rings (SSSR count). The predicted octanol–water partition coefficient (Wildman–Crippen LogP) is -0.663. The number of carbonyl (C=O) groups is 1. The normalized spacial score (nSPS) is 13.6. The standard InChI is InChI=1S/C3H7NO2S.C2H4O2S/c4-2(1-7)3(5)6;1-2-5(3)4/h2,7H,1,4H2,(H,5,6);2H,1H2,(H,3,4)/p-1/t2-;/m0./s1. The van der Waals surface area contributed by atoms with E-state index in [4.69, 9.17) is 10.8 Å². The average molecular weight is 212 g/mol. The van der Waals surface area contributed by atoms with Crippen LogP contribution in [0.4, 0.5) is 0 Å². The van der Waals surface area contributed by atoms with Crippen LogP contribution in [0.2, 0.25) is 0 Å². The summed E-state index contributed by atoms with van der Waals surface area (Å²) in [5.74, 6) is -0.815. The summed E-state index contributed by atoms with van der Waals surface area (Å²) < 4.78 is 18.5. The van der Waals surface area contributed by atoms with Crippen LogP contribution in [0.15, 0.2) is 12.0 Å². The van der Waals surface area contributed by atoms with Crippen LogP contribution < -0.4 is 5.73 Å². The molecule has 7 heteroatoms. The van der Waals surface area contributed by atoms with Crippen molar-refractivity contribution in [1.82, 2.24) is 0 Å². The first-order valence-corrected chi connectivity index (χ1v) is 4.52. The molecule has 0 amide bonds. The van der Waals surface area contributed by atoms with E-state index in [1.54, 1.807) is 0 Å². The second-order valence-electron chi connectivity index (χ2n) is 1.55. The van der Waals surface area contributed by atoms with Gasteiger partial charge < -0.3 is 15.4 Å². The third-order valence-corrected chi connectivity index (χ3v) is 1.32. The highest BCUT2D eigenvalue weighted by Crippen LogP contribution is 1.80. The second kappa shape index (κ2) is 8.72. The summed E-state index contributed by atoms with van der Waals surface area (Å²) in [6, 6.07) is -0.816. The zero-order valence-corrected chi connectivity index (χ0v) is 7.88. The molecule has 0 aliphatic rings. The van der Waals surface area contributed by atoms with E-state index < -0.39 is 23.1 Å². The lowest BCUT2D eigenvalue weighted by Gasteiger charge is -1.96. The van der Waals surface area contributed by atoms with E-state index in [0.29, 0.717) is 0 Å². The lowest BCUT2D eigenvalue weighted by Crippen LogP contribution is -2.31. The molecule has 2 atom stereocenters. The molecule has 0 aliphatic heterocycles. The van der Waals surface area contributed by atoms with E-state index >= 15 is 0 Å². The molecule has 0 aromatic heterocycles. The first kappa shape index (κ1) is 14.2. The number of rotatable bonds is 3. The van der Waals surface area contributed by atoms with Crippen molar-refractivity contribution in [3.8, 4) is 0 Å². The summed E-state index contributed by atoms with van der Waals surface area (Å²) in [6.07, 6.45) is 0. The zero-order chi connectivity index (χ0) is 10.1. The van der Waals surface area contributed by atoms with Crippen LogP contribution in [-0.4, -0.2) is 31.6 Å². The van der Waals surface area contributed by atoms with E-state index in [1.165, 1.54) is 0 Å². The van der Waals surface area contributed by atoms with Crippen molar-refractivity contribution in [1.29, 1.82) is 0 Å². The van der Waals surface area contributed by atoms with E-state index in [1.807, 2.05) is 0 Å². The highest BCUT2D eigenvalue weighted by atomic mass is 32.2. The first-order chi connectivity index (χ1) is 5.45. The quantitative estimate of drug-likeness (QED) is 0.425. The minimum absolute atomic E-state index is 0.190. The summed E-state index contributed by atoms with van der Waals surface area (Å²) in [4.78, 5) is 9.76. The lowest BCUT2D eigenvalue weighted by molar-refractivity contribution is -0.137. The maximum atomic E-state index is 9.76. The summed E-state index contributed by atoms with van der Waals surface area (Å²) in [7, 11) is 0. The topological polar surface area (TPSA) is 103 Å². The molecular formula is C5H10NO4S2-. The summed E-state index contributed by atoms with van der Waals surface area (Å²) in [5, 5.41) is 8.84. The number of nitrogens with two attached hydrogens (primary N) is 1. The van der Waals surface area contributed by atoms with Gasteiger partial charge in [0.25, 0.3) is 0 Å². The molecule has 12 heavy (non-hydrogen) atoms. The minimum Gasteiger partial charge on any atom is -0.769 e. The highest BCUT2D eigenvalue weighted by Gasteiger charge is 2.06. The van der Waals surface area contributed by atoms with Gasteiger partial charge in [-0.2, -0.15) is 12.6 Å². The molecule has 72 valence electrons. The van der Waals surface area contributed by atoms with Crippen molar-refractivity contribution < 1.29 is 18.7 Å². The number of hydrogen-bond donors (Lipinski definition) is 3. The molecule has 0 aliphatic carbocycles. The van der Waals surface area contributed by atoms with Gasteiger partial charge in [0.2, 0.25) is 0 Å². The van der Waals surface area contributed by atoms with Crippen LogP contribution in [0.1, 0.15) is 0 Å². The third kappa shape index (κ3) is 12.3. The minimum atomic E-state index is -2.06. The average Bonchev–Trinajstić information content (AvgIpc) is 2.04. The number of carboxylic acid groups (broad SMARTS) is 1. The molecule has 0 fully saturated rings. The van der Waals surface area contributed by atoms with Crippen LogP contribution in [0.5, 0.6) is 0 Å². The Hall–Kier alpha value is -0.370. The van der Waals surface area contributed by atoms with Crippen molar-refractivity contribution in [3.63, 3.8) is 0 Å². The van der Waals surface area contributed by atoms with Gasteiger partial charge in [-0.15, -0.1) is 0 Å². The largest absolute Gasteiger partial charge is 0.769 e. The Bertz CT molecular complexity index is 173. The monoisotopic (exact) mass is 212 g/mol. The van der Waals surface area contributed by atoms with Crippen molar-refractivity contribution in [2.45, 2.75) is 6.04 Å². The first-order valence-electron chi connectivity index (χ1n) is 2.75. The molecule has 0 spiro atoms. The summed E-state index contributed by atoms with van der Waals surface area (Å²) in [5.41, 5.74) is 4.94. The molecule has 0 radical (unpaired) electrons. The van der Waals surface area contributed by atoms with E-state index in [2.05, 4.69) is 19.2 Å². The molecule has 0 saturated carbocycles. The zero-order valence-electron chi connectivity index (χ0n) is 6.17. The van der Waals surface area contributed by atoms with Crippen molar-refractivity contribution in [3.05, 3.63) is 12.0 Å². The van der Waals surface area contributed by atoms with Crippen molar-refractivity contribution >= 4 is 29.7 Å². The maximum absolute atomic E-state index is 9.76. The number of carboxylic acids is 1. The van der Waals surface area contributed by atoms with Gasteiger partial charge in [0, 0.05) is 5.75 Å². The fourth-order valence-electron chi connectivity index (χ4n) is 0.0781. The molecule has 3 N–H and O–H groups in total. The van der Waals surface area contributed by atoms with E-state index in [0.717, 1.165) is 5.41 Å². The molecule has 0 heterocycles. The van der Waals surface area contributed by atoms with Gasteiger partial charge in [-0.25, -0.2) is 0 Å². The third-order valence-electron chi connectivity index (χ3n) is 0.650. The Labute approximate surface area is 78.3 Å². The van der Waals surface area contributed by atoms with Gasteiger partial charge in [-0.1, -0.05) is 6.58 Å². The van der Waals surface area contributed by atoms with Gasteiger partial charge >= 0.3 is 5.97 Å². The van der Waals surface area contributed by atoms with Gasteiger partial charge in [-0.05, 0) is 16.5 Å². The van der Waals surface area contributed by atoms with Gasteiger partial charge in [0.1, 0.15) is 6.04 Å². The molecule has 0 bridgehead atoms. The van der Waals surface area contributed by atoms with E-state index in [-0.39, 0.29) is 5.75 Å². The Morgan fingerprint density at radius 2 is 2.25 bits per heavy atom. The molecular weight excluding hydrogens is 202 g/mol. The van der Waals surface area contributed by atoms with Crippen LogP contribution in [0.25, 0.3) is 0 Å². The van der Waals surface area contributed by atoms with Gasteiger partial charge in [-0.3, -0.25) is 9.00 Å². The fraction of sp³-hybridized carbons (Fsp3) is 0.400. The molecule has 5 nitrogen and oxygen atoms in total. The SMILES string of the molecule is C=CS(=O)[O-].N[C@@H](CS)C(=O)O. The van der Waals surface area contributed by atoms with Crippen LogP contribution in [0.3, 0.4) is 0 Å². The second-order valence-corrected chi connectivity index (χ2v) is 2.77. The maximum Gasteiger partial charge on any atom is 0.321 e. The molecule has 0 saturated heterocycles. The van der Waals surface area contributed by atoms with Crippen LogP contribution in [0, 0.1) is 0 Å². The Morgan fingerprint density at radius 3 is 2.25 bits per heavy atom. The van der Waals surface area contributed by atoms with Crippen LogP contribution in [-0.2, 0) is 15.9 Å². The van der Waals surface area contributed by atoms with Gasteiger partial charge in [0.05, 0.1) is 0 Å². The lowest BCUT2D eigenvalue weighted by atomic mass is 10.4. The highest BCUT2D eigenvalue weighted by molar-refractivity contribution is 7.82. The predicted molar refractivity (Wildman–Crippen MR) is 48.6 cm³/mol. The summed E-state index contributed by atoms with van der Waals surface area (Å²) in [6.45, 7) is 2.95. The number of aliphatic carboxylic acids is 1. The molecule has 0 aromatic carbocycles. The number of hydrogen-bond acceptors (Lipinski definition) is 5. The smallest absolute Gasteiger partial charge is 0.321 e. The Kier molecular flexibility index (Phi) is 10.3. The van der Waals surface area contributed by atoms with Crippen LogP contribution >= 0.6 is 12.6 Å². The van der Waals surface area contributed by atoms with Crippen molar-refractivity contribution in [2.75, 3.05) is 5.75 Å². The summed E-state index contributed by atoms with van der Waals surface area (Å²) >= 11 is 1.59. The Morgan fingerprint density at radius 1 is 1.92 bits per heavy atom. The van der Waals surface area contributed by atoms with Crippen molar-refractivity contribution in [2.24, 2.45) is 5.73 Å². The fourth-order valence-corrected chi connectivity index (χ4v) is 0.234. The van der Waals surface area contributed by atoms with E-state index in [9.17, 15) is 13.6 Å². The Balaban J connectivity index is 0. The molecule has 0 aromatic rings. The molecule has 1 unspecified atom stereocenters. The number of thiol groups is 1.